The Bertz CT molecular complexity index is 476. The highest BCUT2D eigenvalue weighted by Crippen LogP contribution is 2.46. The highest BCUT2D eigenvalue weighted by molar-refractivity contribution is 8.02. The minimum absolute atomic E-state index is 0.0204. The second-order valence-electron chi connectivity index (χ2n) is 5.91. The predicted molar refractivity (Wildman–Crippen MR) is 91.7 cm³/mol. The monoisotopic (exact) mass is 378 g/mol. The largest absolute Gasteiger partial charge is 0.481 e. The van der Waals surface area contributed by atoms with Gasteiger partial charge in [-0.3, -0.25) is 19.2 Å². The van der Waals surface area contributed by atoms with Gasteiger partial charge in [-0.1, -0.05) is 27.7 Å². The third kappa shape index (κ3) is 4.26. The third-order valence-corrected chi connectivity index (χ3v) is 6.95. The van der Waals surface area contributed by atoms with Crippen molar-refractivity contribution in [3.05, 3.63) is 0 Å². The summed E-state index contributed by atoms with van der Waals surface area (Å²) in [6, 6.07) is 0. The van der Waals surface area contributed by atoms with Gasteiger partial charge in [-0.15, -0.1) is 11.8 Å². The SMILES string of the molecule is CCC(CC)(C(=O)O)C(SC(C(=O)O)C(CC)(CC)C(=O)O)C(=O)O. The molecule has 144 valence electrons. The quantitative estimate of drug-likeness (QED) is 0.401. The Morgan fingerprint density at radius 2 is 0.920 bits per heavy atom. The predicted octanol–water partition coefficient (Wildman–Crippen LogP) is 2.41. The molecule has 0 aliphatic rings. The lowest BCUT2D eigenvalue weighted by atomic mass is 9.78. The topological polar surface area (TPSA) is 149 Å². The van der Waals surface area contributed by atoms with Crippen LogP contribution in [0.4, 0.5) is 0 Å². The Kier molecular flexibility index (Phi) is 8.43. The van der Waals surface area contributed by atoms with Crippen molar-refractivity contribution in [3.8, 4) is 0 Å². The molecule has 0 bridgehead atoms. The number of hydrogen-bond donors (Lipinski definition) is 4. The van der Waals surface area contributed by atoms with E-state index in [0.717, 1.165) is 0 Å². The summed E-state index contributed by atoms with van der Waals surface area (Å²) < 4.78 is 0. The molecule has 9 heteroatoms. The summed E-state index contributed by atoms with van der Waals surface area (Å²) in [6.07, 6.45) is -0.0815. The van der Waals surface area contributed by atoms with Crippen LogP contribution in [0.1, 0.15) is 53.4 Å². The molecule has 0 aliphatic heterocycles. The number of thioether (sulfide) groups is 1. The lowest BCUT2D eigenvalue weighted by molar-refractivity contribution is -0.156. The minimum Gasteiger partial charge on any atom is -0.481 e. The van der Waals surface area contributed by atoms with Crippen LogP contribution in [0.2, 0.25) is 0 Å². The average Bonchev–Trinajstić information content (AvgIpc) is 2.53. The first kappa shape index (κ1) is 23.2. The standard InChI is InChI=1S/C16H26O8S/c1-5-15(6-2,13(21)22)9(11(17)18)25-10(12(19)20)16(7-3,8-4)14(23)24/h9-10H,5-8H2,1-4H3,(H,17,18)(H,19,20)(H,21,22)(H,23,24). The number of hydrogen-bond acceptors (Lipinski definition) is 5. The molecule has 25 heavy (non-hydrogen) atoms. The molecule has 0 saturated heterocycles. The summed E-state index contributed by atoms with van der Waals surface area (Å²) in [4.78, 5) is 47.1. The summed E-state index contributed by atoms with van der Waals surface area (Å²) >= 11 is 0.414. The van der Waals surface area contributed by atoms with Gasteiger partial charge in [0.1, 0.15) is 10.5 Å². The lowest BCUT2D eigenvalue weighted by Crippen LogP contribution is -2.50. The molecule has 0 radical (unpaired) electrons. The van der Waals surface area contributed by atoms with Crippen LogP contribution in [0.5, 0.6) is 0 Å². The van der Waals surface area contributed by atoms with E-state index in [1.165, 1.54) is 27.7 Å². The zero-order valence-corrected chi connectivity index (χ0v) is 15.6. The first-order chi connectivity index (χ1) is 11.5. The Labute approximate surface area is 150 Å². The van der Waals surface area contributed by atoms with Crippen LogP contribution in [0.3, 0.4) is 0 Å². The molecule has 2 unspecified atom stereocenters. The van der Waals surface area contributed by atoms with Crippen molar-refractivity contribution in [3.63, 3.8) is 0 Å². The lowest BCUT2D eigenvalue weighted by Gasteiger charge is -2.38. The maximum Gasteiger partial charge on any atom is 0.317 e. The third-order valence-electron chi connectivity index (χ3n) is 5.10. The van der Waals surface area contributed by atoms with E-state index in [9.17, 15) is 39.6 Å². The van der Waals surface area contributed by atoms with Gasteiger partial charge in [0, 0.05) is 0 Å². The van der Waals surface area contributed by atoms with Crippen molar-refractivity contribution >= 4 is 35.6 Å². The second-order valence-corrected chi connectivity index (χ2v) is 7.12. The van der Waals surface area contributed by atoms with Gasteiger partial charge in [-0.2, -0.15) is 0 Å². The fourth-order valence-corrected chi connectivity index (χ4v) is 4.95. The van der Waals surface area contributed by atoms with Gasteiger partial charge in [-0.25, -0.2) is 0 Å². The van der Waals surface area contributed by atoms with Gasteiger partial charge < -0.3 is 20.4 Å². The summed E-state index contributed by atoms with van der Waals surface area (Å²) in [5.74, 6) is -5.60. The molecule has 0 amide bonds. The Morgan fingerprint density at radius 1 is 0.680 bits per heavy atom. The van der Waals surface area contributed by atoms with Crippen molar-refractivity contribution in [2.24, 2.45) is 10.8 Å². The van der Waals surface area contributed by atoms with Gasteiger partial charge in [0.15, 0.2) is 0 Å². The minimum atomic E-state index is -1.68. The van der Waals surface area contributed by atoms with E-state index in [-0.39, 0.29) is 25.7 Å². The van der Waals surface area contributed by atoms with Gasteiger partial charge in [-0.05, 0) is 25.7 Å². The second kappa shape index (κ2) is 9.07. The normalized spacial score (nSPS) is 14.6. The van der Waals surface area contributed by atoms with E-state index < -0.39 is 45.2 Å². The van der Waals surface area contributed by atoms with Crippen LogP contribution in [0, 0.1) is 10.8 Å². The fraction of sp³-hybridized carbons (Fsp3) is 0.750. The molecule has 0 heterocycles. The molecule has 8 nitrogen and oxygen atoms in total. The van der Waals surface area contributed by atoms with Crippen molar-refractivity contribution in [2.45, 2.75) is 63.9 Å². The van der Waals surface area contributed by atoms with E-state index in [4.69, 9.17) is 0 Å². The van der Waals surface area contributed by atoms with Crippen LogP contribution in [-0.4, -0.2) is 54.8 Å². The summed E-state index contributed by atoms with van der Waals surface area (Å²) in [5, 5.41) is 35.1. The molecule has 2 atom stereocenters. The van der Waals surface area contributed by atoms with Crippen molar-refractivity contribution in [1.29, 1.82) is 0 Å². The number of carboxylic acid groups (broad SMARTS) is 4. The Morgan fingerprint density at radius 3 is 1.04 bits per heavy atom. The molecule has 0 aromatic heterocycles. The Hall–Kier alpha value is -1.77. The molecule has 0 saturated carbocycles. The summed E-state index contributed by atoms with van der Waals surface area (Å²) in [5.41, 5.74) is -3.37. The molecule has 0 aromatic carbocycles. The molecule has 0 spiro atoms. The van der Waals surface area contributed by atoms with Gasteiger partial charge in [0.2, 0.25) is 0 Å². The molecule has 0 rings (SSSR count). The fourth-order valence-electron chi connectivity index (χ4n) is 3.06. The first-order valence-electron chi connectivity index (χ1n) is 8.08. The molecule has 0 aromatic rings. The first-order valence-corrected chi connectivity index (χ1v) is 9.02. The smallest absolute Gasteiger partial charge is 0.317 e. The van der Waals surface area contributed by atoms with Crippen LogP contribution in [0.25, 0.3) is 0 Å². The van der Waals surface area contributed by atoms with Crippen molar-refractivity contribution < 1.29 is 39.6 Å². The Balaban J connectivity index is 6.26. The van der Waals surface area contributed by atoms with E-state index in [1.54, 1.807) is 0 Å². The van der Waals surface area contributed by atoms with Crippen LogP contribution < -0.4 is 0 Å². The number of carbonyl (C=O) groups is 4. The van der Waals surface area contributed by atoms with Gasteiger partial charge in [0.05, 0.1) is 10.8 Å². The number of rotatable bonds is 12. The molecule has 0 aliphatic carbocycles. The van der Waals surface area contributed by atoms with E-state index in [1.807, 2.05) is 0 Å². The number of aliphatic carboxylic acids is 4. The molecule has 0 fully saturated rings. The summed E-state index contributed by atoms with van der Waals surface area (Å²) in [6.45, 7) is 6.09. The van der Waals surface area contributed by atoms with Crippen molar-refractivity contribution in [2.75, 3.05) is 0 Å². The zero-order chi connectivity index (χ0) is 20.0. The molecule has 4 N–H and O–H groups in total. The summed E-state index contributed by atoms with van der Waals surface area (Å²) in [7, 11) is 0. The van der Waals surface area contributed by atoms with E-state index in [2.05, 4.69) is 0 Å². The van der Waals surface area contributed by atoms with Crippen LogP contribution in [-0.2, 0) is 19.2 Å². The van der Waals surface area contributed by atoms with Crippen LogP contribution in [0.15, 0.2) is 0 Å². The number of carboxylic acids is 4. The maximum absolute atomic E-state index is 11.8. The zero-order valence-electron chi connectivity index (χ0n) is 14.8. The highest BCUT2D eigenvalue weighted by atomic mass is 32.2. The van der Waals surface area contributed by atoms with E-state index in [0.29, 0.717) is 11.8 Å². The molecular formula is C16H26O8S. The average molecular weight is 378 g/mol. The van der Waals surface area contributed by atoms with Crippen LogP contribution >= 0.6 is 11.8 Å². The van der Waals surface area contributed by atoms with Gasteiger partial charge >= 0.3 is 23.9 Å². The maximum atomic E-state index is 11.8. The van der Waals surface area contributed by atoms with E-state index >= 15 is 0 Å². The van der Waals surface area contributed by atoms with Crippen molar-refractivity contribution in [1.82, 2.24) is 0 Å². The molecular weight excluding hydrogens is 352 g/mol. The van der Waals surface area contributed by atoms with Gasteiger partial charge in [0.25, 0.3) is 0 Å². The highest BCUT2D eigenvalue weighted by Gasteiger charge is 2.54.